The lowest BCUT2D eigenvalue weighted by molar-refractivity contribution is -0.147. The van der Waals surface area contributed by atoms with Gasteiger partial charge in [-0.1, -0.05) is 23.7 Å². The number of aryl methyl sites for hydroxylation is 1. The Balaban J connectivity index is 1.50. The third kappa shape index (κ3) is 5.98. The minimum absolute atomic E-state index is 0.0708. The van der Waals surface area contributed by atoms with E-state index in [-0.39, 0.29) is 34.9 Å². The fourth-order valence-electron chi connectivity index (χ4n) is 2.72. The quantitative estimate of drug-likeness (QED) is 0.528. The molecule has 0 radical (unpaired) electrons. The number of alkyl halides is 2. The number of esters is 1. The van der Waals surface area contributed by atoms with Gasteiger partial charge in [-0.3, -0.25) is 19.1 Å². The molecule has 162 valence electrons. The van der Waals surface area contributed by atoms with E-state index in [4.69, 9.17) is 16.3 Å². The number of halogens is 3. The van der Waals surface area contributed by atoms with Gasteiger partial charge < -0.3 is 14.8 Å². The molecular formula is C20H16ClF2N3O5. The summed E-state index contributed by atoms with van der Waals surface area (Å²) in [4.78, 5) is 35.7. The van der Waals surface area contributed by atoms with Crippen molar-refractivity contribution in [2.75, 3.05) is 11.9 Å². The molecule has 8 nitrogen and oxygen atoms in total. The van der Waals surface area contributed by atoms with Crippen LogP contribution in [0.3, 0.4) is 0 Å². The SMILES string of the molecule is O=C(COC(=O)CCn1ncc(=O)c2ccccc21)Nc1ccc(OC(F)F)c(Cl)c1. The van der Waals surface area contributed by atoms with Gasteiger partial charge >= 0.3 is 12.6 Å². The first-order chi connectivity index (χ1) is 14.8. The van der Waals surface area contributed by atoms with Crippen LogP contribution in [0.5, 0.6) is 5.75 Å². The van der Waals surface area contributed by atoms with E-state index in [1.54, 1.807) is 24.3 Å². The van der Waals surface area contributed by atoms with Gasteiger partial charge in [-0.25, -0.2) is 0 Å². The predicted octanol–water partition coefficient (Wildman–Crippen LogP) is 3.22. The van der Waals surface area contributed by atoms with Crippen LogP contribution in [0.2, 0.25) is 5.02 Å². The van der Waals surface area contributed by atoms with Crippen LogP contribution in [0.25, 0.3) is 10.9 Å². The first kappa shape index (κ1) is 22.2. The lowest BCUT2D eigenvalue weighted by Crippen LogP contribution is -2.22. The van der Waals surface area contributed by atoms with Crippen molar-refractivity contribution < 1.29 is 27.8 Å². The van der Waals surface area contributed by atoms with E-state index >= 15 is 0 Å². The van der Waals surface area contributed by atoms with Gasteiger partial charge in [-0.2, -0.15) is 13.9 Å². The van der Waals surface area contributed by atoms with Crippen LogP contribution in [0.1, 0.15) is 6.42 Å². The number of rotatable bonds is 8. The lowest BCUT2D eigenvalue weighted by Gasteiger charge is -2.10. The van der Waals surface area contributed by atoms with Gasteiger partial charge in [0.2, 0.25) is 5.43 Å². The Morgan fingerprint density at radius 2 is 1.97 bits per heavy atom. The fourth-order valence-corrected chi connectivity index (χ4v) is 2.95. The van der Waals surface area contributed by atoms with E-state index in [0.717, 1.165) is 0 Å². The molecule has 0 saturated heterocycles. The molecule has 3 aromatic rings. The summed E-state index contributed by atoms with van der Waals surface area (Å²) in [6, 6.07) is 10.6. The van der Waals surface area contributed by atoms with Crippen molar-refractivity contribution >= 4 is 40.1 Å². The maximum atomic E-state index is 12.2. The summed E-state index contributed by atoms with van der Waals surface area (Å²) in [6.45, 7) is -3.42. The Labute approximate surface area is 179 Å². The number of hydrogen-bond acceptors (Lipinski definition) is 6. The molecule has 0 aliphatic heterocycles. The molecule has 1 N–H and O–H groups in total. The topological polar surface area (TPSA) is 99.5 Å². The first-order valence-corrected chi connectivity index (χ1v) is 9.36. The summed E-state index contributed by atoms with van der Waals surface area (Å²) in [5.74, 6) is -1.51. The molecular weight excluding hydrogens is 436 g/mol. The van der Waals surface area contributed by atoms with Crippen molar-refractivity contribution in [3.63, 3.8) is 0 Å². The zero-order chi connectivity index (χ0) is 22.4. The largest absolute Gasteiger partial charge is 0.456 e. The minimum Gasteiger partial charge on any atom is -0.456 e. The summed E-state index contributed by atoms with van der Waals surface area (Å²) in [6.07, 6.45) is 1.10. The Kier molecular flexibility index (Phi) is 7.14. The normalized spacial score (nSPS) is 10.8. The summed E-state index contributed by atoms with van der Waals surface area (Å²) in [5.41, 5.74) is 0.577. The zero-order valence-corrected chi connectivity index (χ0v) is 16.6. The van der Waals surface area contributed by atoms with Crippen molar-refractivity contribution in [1.82, 2.24) is 9.78 Å². The number of fused-ring (bicyclic) bond motifs is 1. The van der Waals surface area contributed by atoms with Crippen LogP contribution in [0, 0.1) is 0 Å². The van der Waals surface area contributed by atoms with Crippen LogP contribution in [-0.2, 0) is 20.9 Å². The van der Waals surface area contributed by atoms with Gasteiger partial charge in [0.1, 0.15) is 5.75 Å². The molecule has 0 saturated carbocycles. The number of para-hydroxylation sites is 1. The molecule has 3 rings (SSSR count). The third-order valence-corrected chi connectivity index (χ3v) is 4.38. The molecule has 0 unspecified atom stereocenters. The standard InChI is InChI=1S/C20H16ClF2N3O5/c21-14-9-12(5-6-17(14)31-20(22)23)25-18(28)11-30-19(29)7-8-26-15-4-2-1-3-13(15)16(27)10-24-26/h1-6,9-10,20H,7-8,11H2,(H,25,28). The van der Waals surface area contributed by atoms with Gasteiger partial charge in [0.05, 0.1) is 29.7 Å². The maximum absolute atomic E-state index is 12.2. The van der Waals surface area contributed by atoms with Crippen LogP contribution < -0.4 is 15.5 Å². The number of nitrogens with one attached hydrogen (secondary N) is 1. The average molecular weight is 452 g/mol. The Morgan fingerprint density at radius 3 is 2.71 bits per heavy atom. The Morgan fingerprint density at radius 1 is 1.19 bits per heavy atom. The van der Waals surface area contributed by atoms with E-state index in [2.05, 4.69) is 15.2 Å². The molecule has 1 heterocycles. The maximum Gasteiger partial charge on any atom is 0.387 e. The molecule has 1 aromatic heterocycles. The van der Waals surface area contributed by atoms with E-state index in [9.17, 15) is 23.2 Å². The number of aromatic nitrogens is 2. The summed E-state index contributed by atoms with van der Waals surface area (Å²) in [7, 11) is 0. The molecule has 2 aromatic carbocycles. The van der Waals surface area contributed by atoms with E-state index < -0.39 is 25.1 Å². The number of ether oxygens (including phenoxy) is 2. The van der Waals surface area contributed by atoms with E-state index in [0.29, 0.717) is 10.9 Å². The third-order valence-electron chi connectivity index (χ3n) is 4.09. The average Bonchev–Trinajstić information content (AvgIpc) is 2.74. The van der Waals surface area contributed by atoms with E-state index in [1.807, 2.05) is 0 Å². The van der Waals surface area contributed by atoms with Crippen LogP contribution in [0.4, 0.5) is 14.5 Å². The molecule has 0 bridgehead atoms. The smallest absolute Gasteiger partial charge is 0.387 e. The first-order valence-electron chi connectivity index (χ1n) is 8.98. The Hall–Kier alpha value is -3.53. The van der Waals surface area contributed by atoms with Crippen molar-refractivity contribution in [3.8, 4) is 5.75 Å². The molecule has 31 heavy (non-hydrogen) atoms. The highest BCUT2D eigenvalue weighted by Gasteiger charge is 2.12. The molecule has 0 fully saturated rings. The molecule has 1 amide bonds. The molecule has 0 atom stereocenters. The number of carbonyl (C=O) groups is 2. The van der Waals surface area contributed by atoms with Crippen LogP contribution in [-0.4, -0.2) is 34.9 Å². The van der Waals surface area contributed by atoms with Gasteiger partial charge in [0.25, 0.3) is 5.91 Å². The summed E-state index contributed by atoms with van der Waals surface area (Å²) in [5, 5.41) is 6.80. The van der Waals surface area contributed by atoms with Crippen molar-refractivity contribution in [1.29, 1.82) is 0 Å². The second kappa shape index (κ2) is 9.98. The Bertz CT molecular complexity index is 1170. The highest BCUT2D eigenvalue weighted by Crippen LogP contribution is 2.28. The van der Waals surface area contributed by atoms with E-state index in [1.165, 1.54) is 29.1 Å². The number of carbonyl (C=O) groups excluding carboxylic acids is 2. The number of benzene rings is 2. The van der Waals surface area contributed by atoms with Crippen molar-refractivity contribution in [2.45, 2.75) is 19.6 Å². The molecule has 0 aliphatic carbocycles. The molecule has 0 aliphatic rings. The van der Waals surface area contributed by atoms with Crippen LogP contribution in [0.15, 0.2) is 53.5 Å². The lowest BCUT2D eigenvalue weighted by atomic mass is 10.2. The highest BCUT2D eigenvalue weighted by molar-refractivity contribution is 6.32. The highest BCUT2D eigenvalue weighted by atomic mass is 35.5. The van der Waals surface area contributed by atoms with Gasteiger partial charge in [-0.05, 0) is 30.3 Å². The van der Waals surface area contributed by atoms with Gasteiger partial charge in [0, 0.05) is 11.1 Å². The monoisotopic (exact) mass is 451 g/mol. The number of nitrogens with zero attached hydrogens (tertiary/aromatic N) is 2. The number of hydrogen-bond donors (Lipinski definition) is 1. The van der Waals surface area contributed by atoms with Crippen LogP contribution >= 0.6 is 11.6 Å². The zero-order valence-electron chi connectivity index (χ0n) is 15.9. The van der Waals surface area contributed by atoms with Crippen molar-refractivity contribution in [3.05, 3.63) is 63.9 Å². The second-order valence-corrected chi connectivity index (χ2v) is 6.64. The fraction of sp³-hybridized carbons (Fsp3) is 0.200. The van der Waals surface area contributed by atoms with Crippen molar-refractivity contribution in [2.24, 2.45) is 0 Å². The van der Waals surface area contributed by atoms with Gasteiger partial charge in [0.15, 0.2) is 6.61 Å². The molecule has 0 spiro atoms. The molecule has 11 heteroatoms. The number of amides is 1. The summed E-state index contributed by atoms with van der Waals surface area (Å²) >= 11 is 5.81. The van der Waals surface area contributed by atoms with Gasteiger partial charge in [-0.15, -0.1) is 0 Å². The minimum atomic E-state index is -3.03. The second-order valence-electron chi connectivity index (χ2n) is 6.23. The summed E-state index contributed by atoms with van der Waals surface area (Å²) < 4.78 is 35.1. The predicted molar refractivity (Wildman–Crippen MR) is 108 cm³/mol. The number of anilines is 1.